The van der Waals surface area contributed by atoms with Gasteiger partial charge in [-0.25, -0.2) is 29.1 Å². The van der Waals surface area contributed by atoms with E-state index in [-0.39, 0.29) is 108 Å². The summed E-state index contributed by atoms with van der Waals surface area (Å²) in [7, 11) is 10.0. The Labute approximate surface area is 802 Å². The summed E-state index contributed by atoms with van der Waals surface area (Å²) in [5.41, 5.74) is 36.0. The van der Waals surface area contributed by atoms with Crippen LogP contribution in [0.25, 0.3) is 22.1 Å². The number of aldehydes is 1. The quantitative estimate of drug-likeness (QED) is 0.0340. The van der Waals surface area contributed by atoms with Crippen molar-refractivity contribution in [1.29, 1.82) is 0 Å². The number of nitrogens with two attached hydrogens (primary N) is 3. The third kappa shape index (κ3) is 25.1. The Balaban J connectivity index is 0.000000164. The highest BCUT2D eigenvalue weighted by molar-refractivity contribution is 9.10. The minimum absolute atomic E-state index is 0.00303. The number of carboxylic acid groups (broad SMARTS) is 1. The smallest absolute Gasteiger partial charge is 0.414 e. The summed E-state index contributed by atoms with van der Waals surface area (Å²) in [6.07, 6.45) is 23.8. The minimum Gasteiger partial charge on any atom is -0.481 e. The van der Waals surface area contributed by atoms with Crippen LogP contribution in [0.15, 0.2) is 144 Å². The Morgan fingerprint density at radius 2 is 0.756 bits per heavy atom. The maximum atomic E-state index is 12.6. The molecular weight excluding hydrogens is 1780 g/mol. The third-order valence-electron chi connectivity index (χ3n) is 27.8. The van der Waals surface area contributed by atoms with Crippen molar-refractivity contribution in [2.24, 2.45) is 35.3 Å². The number of carbonyl (C=O) groups is 9. The number of imidazole rings is 2. The number of benzene rings is 7. The molecule has 28 nitrogen and oxygen atoms in total. The van der Waals surface area contributed by atoms with Crippen LogP contribution in [-0.2, 0) is 108 Å². The highest BCUT2D eigenvalue weighted by Gasteiger charge is 2.40. The van der Waals surface area contributed by atoms with Crippen LogP contribution in [0.1, 0.15) is 238 Å². The number of ether oxygens (including phenoxy) is 7. The van der Waals surface area contributed by atoms with Crippen molar-refractivity contribution in [3.63, 3.8) is 0 Å². The van der Waals surface area contributed by atoms with Crippen molar-refractivity contribution in [2.75, 3.05) is 80.8 Å². The summed E-state index contributed by atoms with van der Waals surface area (Å²) in [5.74, 6) is 1.01. The molecule has 4 saturated carbocycles. The minimum atomic E-state index is -0.709. The average Bonchev–Trinajstić information content (AvgIpc) is 1.61. The van der Waals surface area contributed by atoms with Gasteiger partial charge in [-0.15, -0.1) is 0 Å². The fourth-order valence-electron chi connectivity index (χ4n) is 20.8. The number of nitrogens with zero attached hydrogens (tertiary/aromatic N) is 8. The number of hydrogen-bond acceptors (Lipinski definition) is 21. The van der Waals surface area contributed by atoms with Crippen molar-refractivity contribution in [1.82, 2.24) is 19.1 Å². The molecule has 0 spiro atoms. The van der Waals surface area contributed by atoms with E-state index in [0.29, 0.717) is 37.3 Å². The number of carbonyl (C=O) groups excluding carboxylic acids is 8. The van der Waals surface area contributed by atoms with Crippen LogP contribution < -0.4 is 36.8 Å². The molecule has 2 aromatic heterocycles. The van der Waals surface area contributed by atoms with E-state index in [9.17, 15) is 48.3 Å². The van der Waals surface area contributed by atoms with Gasteiger partial charge in [-0.05, 0) is 248 Å². The monoisotopic (exact) mass is 1920 g/mol. The molecule has 7 N–H and O–H groups in total. The van der Waals surface area contributed by atoms with Gasteiger partial charge >= 0.3 is 48.3 Å². The first-order valence-electron chi connectivity index (χ1n) is 48.0. The third-order valence-corrected chi connectivity index (χ3v) is 28.5. The highest BCUT2D eigenvalue weighted by Crippen LogP contribution is 2.47. The number of carboxylic acids is 1. The maximum absolute atomic E-state index is 12.6. The van der Waals surface area contributed by atoms with E-state index in [4.69, 9.17) is 55.6 Å². The lowest BCUT2D eigenvalue weighted by Crippen LogP contribution is -2.42. The number of aryl methyl sites for hydroxylation is 2. The van der Waals surface area contributed by atoms with Crippen LogP contribution in [0.3, 0.4) is 0 Å². The van der Waals surface area contributed by atoms with Crippen molar-refractivity contribution < 1.29 is 81.4 Å². The lowest BCUT2D eigenvalue weighted by molar-refractivity contribution is -0.147. The molecule has 8 aliphatic rings. The maximum Gasteiger partial charge on any atom is 0.414 e. The van der Waals surface area contributed by atoms with E-state index in [1.54, 1.807) is 19.6 Å². The molecule has 135 heavy (non-hydrogen) atoms. The second-order valence-corrected chi connectivity index (χ2v) is 37.2. The van der Waals surface area contributed by atoms with E-state index >= 15 is 0 Å². The predicted molar refractivity (Wildman–Crippen MR) is 530 cm³/mol. The Hall–Kier alpha value is -11.9. The van der Waals surface area contributed by atoms with E-state index < -0.39 is 5.97 Å². The summed E-state index contributed by atoms with van der Waals surface area (Å²) >= 11 is 3.40. The number of rotatable bonds is 14. The molecule has 6 heterocycles. The number of methoxy groups -OCH3 is 7. The van der Waals surface area contributed by atoms with Crippen molar-refractivity contribution >= 4 is 127 Å². The van der Waals surface area contributed by atoms with E-state index in [1.807, 2.05) is 144 Å². The largest absolute Gasteiger partial charge is 0.481 e. The van der Waals surface area contributed by atoms with Crippen LogP contribution in [-0.4, -0.2) is 159 Å². The molecule has 17 rings (SSSR count). The number of hydrogen-bond donors (Lipinski definition) is 4. The number of halogens is 1. The van der Waals surface area contributed by atoms with Gasteiger partial charge in [-0.2, -0.15) is 0 Å². The number of anilines is 6. The van der Waals surface area contributed by atoms with Crippen LogP contribution in [0, 0.1) is 29.6 Å². The van der Waals surface area contributed by atoms with Crippen LogP contribution in [0.2, 0.25) is 0 Å². The van der Waals surface area contributed by atoms with Crippen LogP contribution in [0.5, 0.6) is 0 Å². The first-order chi connectivity index (χ1) is 65.2. The molecule has 4 fully saturated rings. The number of fused-ring (bicyclic) bond motifs is 8. The molecule has 7 aromatic carbocycles. The first-order valence-corrected chi connectivity index (χ1v) is 48.8. The highest BCUT2D eigenvalue weighted by atomic mass is 79.9. The van der Waals surface area contributed by atoms with Gasteiger partial charge in [-0.3, -0.25) is 38.8 Å². The Bertz CT molecular complexity index is 5540. The summed E-state index contributed by atoms with van der Waals surface area (Å²) in [6, 6.07) is 47.1. The molecule has 9 aromatic rings. The summed E-state index contributed by atoms with van der Waals surface area (Å²) in [4.78, 5) is 123. The van der Waals surface area contributed by atoms with Gasteiger partial charge < -0.3 is 69.4 Å². The number of esters is 3. The molecule has 0 bridgehead atoms. The lowest BCUT2D eigenvalue weighted by Gasteiger charge is -2.35. The van der Waals surface area contributed by atoms with Gasteiger partial charge in [0.2, 0.25) is 0 Å². The van der Waals surface area contributed by atoms with E-state index in [1.165, 1.54) is 60.9 Å². The molecule has 12 atom stereocenters. The Kier molecular flexibility index (Phi) is 38.1. The molecule has 0 saturated heterocycles. The fraction of sp³-hybridized carbons (Fsp3) is 0.500. The molecule has 4 aliphatic heterocycles. The molecule has 4 amide bonds. The topological polar surface area (TPSA) is 365 Å². The first kappa shape index (κ1) is 104. The number of aromatic nitrogens is 4. The standard InChI is InChI=1S/C28H33N3O4.C27H31N3O4.C21H30N2O4.C12H15BrN2O2.C8H15NO2.C8H8O.C2H6/c1-18-12-13-22-23(30(18)28(33)35-3)14-15-24-26(22)29-25(16-19-8-5-4-6-9-19)31(24)21-11-7-10-20(17-21)27(32)34-2;1-17-11-12-21-22(29(17)27(33)34-2)13-14-23-25(21)28-24(15-18-7-4-3-5-8-18)30(23)20-10-6-9-19(16-20)26(31)32;1-13-7-9-17-18(23(13)21(25)27-3)10-8-15(19(17)22)11-14-5-4-6-16(12-14)20(24)26-2;1-7-3-4-8-10(15(7)12(16)17-2)6-5-9(13)11(8)14;1-11-8(10)6-3-2-4-7(9)5-6;9-7-6-8-4-2-1-3-5-8;1-2/h4-6,8-9,14-15,18,20-21H,7,10-13,16-17H2,1-3H3;3-5,7-8,13-14,17,19-20H,6,9-12,15-16H2,1-2H3,(H,31,32);8,10,13-14,16H,4-7,9,11-12,22H2,1-3H3;5-7H,3-4,14H2,1-2H3;6-7H,2-5,9H2,1H3;1-5,7H,6H2;1-2H3/t18-,20+,21+;17-,19+,20+;13-,14-,16+;7-;6-,7-;;/m00001../s1. The second-order valence-electron chi connectivity index (χ2n) is 36.3. The normalized spacial score (nSPS) is 21.9. The lowest BCUT2D eigenvalue weighted by atomic mass is 9.78. The number of aliphatic carboxylic acids is 1. The van der Waals surface area contributed by atoms with Gasteiger partial charge in [0, 0.05) is 88.4 Å². The summed E-state index contributed by atoms with van der Waals surface area (Å²) in [5, 5.41) is 9.68. The summed E-state index contributed by atoms with van der Waals surface area (Å²) < 4.78 is 40.1. The van der Waals surface area contributed by atoms with Crippen LogP contribution >= 0.6 is 15.9 Å². The molecule has 726 valence electrons. The second kappa shape index (κ2) is 49.6. The van der Waals surface area contributed by atoms with Gasteiger partial charge in [0.05, 0.1) is 124 Å². The SMILES string of the molecule is CC.COC(=O)N1c2ccc(Br)c(N)c2CC[C@@H]1C.COC(=O)N1c2ccc3c(nc(Cc4ccccc4)n3[C@@H]3CCC[C@@H](C(=O)O)C3)c2CC[C@@H]1C.COC(=O)[C@@H]1CCC[C@@H](Cc2ccc3c(c2N)CC[C@H](C)N3C(=O)OC)C1.COC(=O)[C@@H]1CCC[C@@H](N)C1.COC(=O)[C@@H]1CCC[C@@H](n2c(Cc3ccccc3)nc3c4c(ccc32)N(C(=O)OC)[C@@H](C)CC4)C1.O=CCc1ccccc1. The zero-order chi connectivity index (χ0) is 97.3. The molecular formula is C106H138BrN11O17. The molecule has 4 aliphatic carbocycles. The summed E-state index contributed by atoms with van der Waals surface area (Å²) in [6.45, 7) is 12.1. The number of amides is 4. The van der Waals surface area contributed by atoms with Crippen LogP contribution in [0.4, 0.5) is 53.3 Å². The van der Waals surface area contributed by atoms with Crippen molar-refractivity contribution in [3.05, 3.63) is 200 Å². The van der Waals surface area contributed by atoms with Gasteiger partial charge in [-0.1, -0.05) is 143 Å². The predicted octanol–water partition coefficient (Wildman–Crippen LogP) is 20.6. The van der Waals surface area contributed by atoms with E-state index in [0.717, 1.165) is 260 Å². The average molecular weight is 1920 g/mol. The Morgan fingerprint density at radius 1 is 0.407 bits per heavy atom. The zero-order valence-electron chi connectivity index (χ0n) is 80.8. The fourth-order valence-corrected chi connectivity index (χ4v) is 21.2. The molecule has 0 radical (unpaired) electrons. The van der Waals surface area contributed by atoms with Crippen molar-refractivity contribution in [2.45, 2.75) is 264 Å². The Morgan fingerprint density at radius 3 is 1.16 bits per heavy atom. The van der Waals surface area contributed by atoms with E-state index in [2.05, 4.69) is 67.1 Å². The zero-order valence-corrected chi connectivity index (χ0v) is 82.3. The molecule has 29 heteroatoms. The molecule has 0 unspecified atom stereocenters. The van der Waals surface area contributed by atoms with Gasteiger partial charge in [0.1, 0.15) is 17.9 Å². The van der Waals surface area contributed by atoms with Crippen molar-refractivity contribution in [3.8, 4) is 0 Å². The van der Waals surface area contributed by atoms with Gasteiger partial charge in [0.25, 0.3) is 0 Å². The number of nitrogen functional groups attached to an aromatic ring is 2. The van der Waals surface area contributed by atoms with Gasteiger partial charge in [0.15, 0.2) is 0 Å².